The highest BCUT2D eigenvalue weighted by Crippen LogP contribution is 2.19. The van der Waals surface area contributed by atoms with Gasteiger partial charge in [-0.1, -0.05) is 18.2 Å². The number of rotatable bonds is 5. The standard InChI is InChI=1S/C15H22N2O4/c1-15(2,3)17(9-13(18)19)14(20)16-12-8-6-5-7-11(12)10-21-4/h5-8H,9-10H2,1-4H3,(H,16,20)(H,18,19). The van der Waals surface area contributed by atoms with Gasteiger partial charge in [-0.05, 0) is 26.8 Å². The first-order valence-electron chi connectivity index (χ1n) is 6.63. The maximum atomic E-state index is 12.4. The summed E-state index contributed by atoms with van der Waals surface area (Å²) in [7, 11) is 1.57. The maximum Gasteiger partial charge on any atom is 0.323 e. The minimum absolute atomic E-state index is 0.359. The number of carbonyl (C=O) groups is 2. The number of hydrogen-bond acceptors (Lipinski definition) is 3. The predicted octanol–water partition coefficient (Wildman–Crippen LogP) is 2.55. The Morgan fingerprint density at radius 1 is 1.29 bits per heavy atom. The lowest BCUT2D eigenvalue weighted by Gasteiger charge is -2.34. The van der Waals surface area contributed by atoms with Gasteiger partial charge in [-0.25, -0.2) is 4.79 Å². The number of nitrogens with zero attached hydrogens (tertiary/aromatic N) is 1. The number of amides is 2. The molecule has 0 aromatic heterocycles. The molecule has 2 amide bonds. The summed E-state index contributed by atoms with van der Waals surface area (Å²) in [6.07, 6.45) is 0. The molecule has 116 valence electrons. The van der Waals surface area contributed by atoms with Crippen LogP contribution in [0.25, 0.3) is 0 Å². The van der Waals surface area contributed by atoms with Gasteiger partial charge in [-0.15, -0.1) is 0 Å². The average Bonchev–Trinajstić information content (AvgIpc) is 2.37. The minimum atomic E-state index is -1.05. The Morgan fingerprint density at radius 3 is 2.43 bits per heavy atom. The van der Waals surface area contributed by atoms with E-state index >= 15 is 0 Å². The van der Waals surface area contributed by atoms with Gasteiger partial charge in [0.2, 0.25) is 0 Å². The van der Waals surface area contributed by atoms with Gasteiger partial charge in [0.15, 0.2) is 0 Å². The topological polar surface area (TPSA) is 78.9 Å². The van der Waals surface area contributed by atoms with E-state index in [4.69, 9.17) is 9.84 Å². The summed E-state index contributed by atoms with van der Waals surface area (Å²) in [6, 6.07) is 6.80. The van der Waals surface area contributed by atoms with E-state index in [0.29, 0.717) is 12.3 Å². The van der Waals surface area contributed by atoms with Crippen LogP contribution in [0.5, 0.6) is 0 Å². The van der Waals surface area contributed by atoms with Gasteiger partial charge in [-0.3, -0.25) is 4.79 Å². The van der Waals surface area contributed by atoms with Gasteiger partial charge in [0, 0.05) is 23.9 Å². The zero-order chi connectivity index (χ0) is 16.0. The molecule has 1 aromatic carbocycles. The minimum Gasteiger partial charge on any atom is -0.480 e. The monoisotopic (exact) mass is 294 g/mol. The van der Waals surface area contributed by atoms with Crippen LogP contribution in [0.1, 0.15) is 26.3 Å². The summed E-state index contributed by atoms with van der Waals surface area (Å²) in [6.45, 7) is 5.37. The van der Waals surface area contributed by atoms with E-state index < -0.39 is 17.5 Å². The highest BCUT2D eigenvalue weighted by molar-refractivity contribution is 5.92. The lowest BCUT2D eigenvalue weighted by atomic mass is 10.1. The lowest BCUT2D eigenvalue weighted by Crippen LogP contribution is -2.50. The number of hydrogen-bond donors (Lipinski definition) is 2. The summed E-state index contributed by atoms with van der Waals surface area (Å²) in [5.74, 6) is -1.05. The average molecular weight is 294 g/mol. The highest BCUT2D eigenvalue weighted by Gasteiger charge is 2.28. The van der Waals surface area contributed by atoms with Crippen molar-refractivity contribution in [1.29, 1.82) is 0 Å². The number of methoxy groups -OCH3 is 1. The number of urea groups is 1. The van der Waals surface area contributed by atoms with Crippen LogP contribution in [-0.4, -0.2) is 41.2 Å². The zero-order valence-electron chi connectivity index (χ0n) is 12.8. The summed E-state index contributed by atoms with van der Waals surface area (Å²) >= 11 is 0. The first kappa shape index (κ1) is 17.0. The maximum absolute atomic E-state index is 12.4. The summed E-state index contributed by atoms with van der Waals surface area (Å²) in [5, 5.41) is 11.7. The van der Waals surface area contributed by atoms with Gasteiger partial charge in [0.1, 0.15) is 6.54 Å². The van der Waals surface area contributed by atoms with E-state index in [0.717, 1.165) is 5.56 Å². The molecule has 0 saturated heterocycles. The second-order valence-corrected chi connectivity index (χ2v) is 5.67. The van der Waals surface area contributed by atoms with Crippen molar-refractivity contribution in [2.75, 3.05) is 19.0 Å². The molecule has 0 aliphatic carbocycles. The molecule has 0 atom stereocenters. The molecule has 21 heavy (non-hydrogen) atoms. The van der Waals surface area contributed by atoms with E-state index in [9.17, 15) is 9.59 Å². The van der Waals surface area contributed by atoms with Crippen molar-refractivity contribution >= 4 is 17.7 Å². The molecule has 0 unspecified atom stereocenters. The molecule has 0 fully saturated rings. The number of carboxylic acids is 1. The molecular formula is C15H22N2O4. The number of nitrogens with one attached hydrogen (secondary N) is 1. The quantitative estimate of drug-likeness (QED) is 0.874. The van der Waals surface area contributed by atoms with Crippen molar-refractivity contribution in [3.8, 4) is 0 Å². The van der Waals surface area contributed by atoms with Crippen LogP contribution in [0.4, 0.5) is 10.5 Å². The van der Waals surface area contributed by atoms with Gasteiger partial charge >= 0.3 is 12.0 Å². The Labute approximate surface area is 124 Å². The Balaban J connectivity index is 2.94. The van der Waals surface area contributed by atoms with E-state index in [1.165, 1.54) is 4.90 Å². The molecular weight excluding hydrogens is 272 g/mol. The molecule has 0 saturated carbocycles. The Hall–Kier alpha value is -2.08. The van der Waals surface area contributed by atoms with Crippen LogP contribution >= 0.6 is 0 Å². The number of aliphatic carboxylic acids is 1. The van der Waals surface area contributed by atoms with Crippen LogP contribution < -0.4 is 5.32 Å². The largest absolute Gasteiger partial charge is 0.480 e. The number of ether oxygens (including phenoxy) is 1. The third-order valence-corrected chi connectivity index (χ3v) is 2.91. The number of para-hydroxylation sites is 1. The normalized spacial score (nSPS) is 11.0. The van der Waals surface area contributed by atoms with Crippen molar-refractivity contribution in [1.82, 2.24) is 4.90 Å². The fraction of sp³-hybridized carbons (Fsp3) is 0.467. The third-order valence-electron chi connectivity index (χ3n) is 2.91. The van der Waals surface area contributed by atoms with Crippen molar-refractivity contribution in [3.63, 3.8) is 0 Å². The molecule has 2 N–H and O–H groups in total. The number of carboxylic acid groups (broad SMARTS) is 1. The Bertz CT molecular complexity index is 509. The second-order valence-electron chi connectivity index (χ2n) is 5.67. The molecule has 0 heterocycles. The number of benzene rings is 1. The molecule has 0 aliphatic rings. The molecule has 6 nitrogen and oxygen atoms in total. The van der Waals surface area contributed by atoms with E-state index in [1.54, 1.807) is 40.0 Å². The zero-order valence-corrected chi connectivity index (χ0v) is 12.8. The summed E-state index contributed by atoms with van der Waals surface area (Å²) in [4.78, 5) is 24.6. The van der Waals surface area contributed by atoms with Gasteiger partial charge in [-0.2, -0.15) is 0 Å². The van der Waals surface area contributed by atoms with E-state index in [2.05, 4.69) is 5.32 Å². The molecule has 0 aliphatic heterocycles. The fourth-order valence-corrected chi connectivity index (χ4v) is 1.86. The summed E-state index contributed by atoms with van der Waals surface area (Å²) in [5.41, 5.74) is 0.847. The highest BCUT2D eigenvalue weighted by atomic mass is 16.5. The molecule has 0 spiro atoms. The van der Waals surface area contributed by atoms with E-state index in [1.807, 2.05) is 12.1 Å². The molecule has 6 heteroatoms. The SMILES string of the molecule is COCc1ccccc1NC(=O)N(CC(=O)O)C(C)(C)C. The van der Waals surface area contributed by atoms with Crippen LogP contribution in [0.15, 0.2) is 24.3 Å². The lowest BCUT2D eigenvalue weighted by molar-refractivity contribution is -0.138. The third kappa shape index (κ3) is 5.07. The van der Waals surface area contributed by atoms with Crippen LogP contribution in [0.3, 0.4) is 0 Å². The second kappa shape index (κ2) is 7.08. The van der Waals surface area contributed by atoms with E-state index in [-0.39, 0.29) is 6.54 Å². The molecule has 1 rings (SSSR count). The van der Waals surface area contributed by atoms with Crippen molar-refractivity contribution in [2.24, 2.45) is 0 Å². The van der Waals surface area contributed by atoms with Crippen molar-refractivity contribution < 1.29 is 19.4 Å². The first-order chi connectivity index (χ1) is 9.75. The van der Waals surface area contributed by atoms with Crippen LogP contribution in [-0.2, 0) is 16.1 Å². The number of carbonyl (C=O) groups excluding carboxylic acids is 1. The Kier molecular flexibility index (Phi) is 5.72. The van der Waals surface area contributed by atoms with Crippen molar-refractivity contribution in [3.05, 3.63) is 29.8 Å². The van der Waals surface area contributed by atoms with Crippen molar-refractivity contribution in [2.45, 2.75) is 32.9 Å². The molecule has 0 radical (unpaired) electrons. The first-order valence-corrected chi connectivity index (χ1v) is 6.63. The predicted molar refractivity (Wildman–Crippen MR) is 80.3 cm³/mol. The number of anilines is 1. The van der Waals surface area contributed by atoms with Gasteiger partial charge in [0.25, 0.3) is 0 Å². The van der Waals surface area contributed by atoms with Gasteiger partial charge in [0.05, 0.1) is 6.61 Å². The molecule has 0 bridgehead atoms. The van der Waals surface area contributed by atoms with Crippen LogP contribution in [0.2, 0.25) is 0 Å². The molecule has 1 aromatic rings. The van der Waals surface area contributed by atoms with Crippen LogP contribution in [0, 0.1) is 0 Å². The summed E-state index contributed by atoms with van der Waals surface area (Å²) < 4.78 is 5.08. The van der Waals surface area contributed by atoms with Gasteiger partial charge < -0.3 is 20.1 Å². The fourth-order valence-electron chi connectivity index (χ4n) is 1.86. The smallest absolute Gasteiger partial charge is 0.323 e. The Morgan fingerprint density at radius 2 is 1.90 bits per heavy atom.